The predicted octanol–water partition coefficient (Wildman–Crippen LogP) is 3.29. The molecule has 0 N–H and O–H groups in total. The van der Waals surface area contributed by atoms with Crippen molar-refractivity contribution < 1.29 is 12.9 Å². The molecule has 0 atom stereocenters. The van der Waals surface area contributed by atoms with Crippen molar-refractivity contribution in [1.82, 2.24) is 19.9 Å². The maximum atomic E-state index is 13.0. The molecule has 0 aliphatic rings. The van der Waals surface area contributed by atoms with Crippen LogP contribution < -0.4 is 0 Å². The van der Waals surface area contributed by atoms with Crippen LogP contribution in [0.15, 0.2) is 50.6 Å². The molecule has 2 aromatic heterocycles. The standard InChI is InChI=1S/C17H19BrN4O3S/c1-12-10-19-22(11-12)9-8-15-20-16(21-25-15)17(2,3)26(23,24)14-6-4-13(18)5-7-14/h4-7,10-11H,8-9H2,1-3H3. The van der Waals surface area contributed by atoms with Crippen LogP contribution in [0.25, 0.3) is 0 Å². The average Bonchev–Trinajstić information content (AvgIpc) is 3.22. The van der Waals surface area contributed by atoms with Crippen molar-refractivity contribution in [2.75, 3.05) is 0 Å². The highest BCUT2D eigenvalue weighted by atomic mass is 79.9. The zero-order valence-corrected chi connectivity index (χ0v) is 17.1. The molecule has 1 aromatic carbocycles. The second kappa shape index (κ2) is 6.96. The highest BCUT2D eigenvalue weighted by molar-refractivity contribution is 9.10. The molecule has 3 rings (SSSR count). The molecule has 0 fully saturated rings. The first-order valence-electron chi connectivity index (χ1n) is 8.02. The maximum absolute atomic E-state index is 13.0. The fourth-order valence-corrected chi connectivity index (χ4v) is 4.10. The number of halogens is 1. The molecule has 0 aliphatic carbocycles. The van der Waals surface area contributed by atoms with Crippen LogP contribution in [0.5, 0.6) is 0 Å². The molecule has 0 amide bonds. The van der Waals surface area contributed by atoms with E-state index < -0.39 is 14.6 Å². The van der Waals surface area contributed by atoms with Crippen LogP contribution in [0.3, 0.4) is 0 Å². The molecule has 2 heterocycles. The fourth-order valence-electron chi connectivity index (χ4n) is 2.43. The van der Waals surface area contributed by atoms with Crippen LogP contribution in [-0.2, 0) is 27.5 Å². The third-order valence-electron chi connectivity index (χ3n) is 4.12. The van der Waals surface area contributed by atoms with Crippen molar-refractivity contribution in [2.45, 2.75) is 43.4 Å². The average molecular weight is 439 g/mol. The SMILES string of the molecule is Cc1cnn(CCc2nc(C(C)(C)S(=O)(=O)c3ccc(Br)cc3)no2)c1. The zero-order valence-electron chi connectivity index (χ0n) is 14.7. The minimum absolute atomic E-state index is 0.145. The molecule has 0 aliphatic heterocycles. The number of aryl methyl sites for hydroxylation is 3. The van der Waals surface area contributed by atoms with E-state index in [0.717, 1.165) is 10.0 Å². The molecule has 0 bridgehead atoms. The molecule has 0 saturated heterocycles. The molecule has 0 radical (unpaired) electrons. The summed E-state index contributed by atoms with van der Waals surface area (Å²) in [6, 6.07) is 6.50. The summed E-state index contributed by atoms with van der Waals surface area (Å²) in [4.78, 5) is 4.52. The highest BCUT2D eigenvalue weighted by Crippen LogP contribution is 2.33. The summed E-state index contributed by atoms with van der Waals surface area (Å²) in [6.45, 7) is 5.70. The molecule has 138 valence electrons. The van der Waals surface area contributed by atoms with Gasteiger partial charge in [-0.25, -0.2) is 8.42 Å². The van der Waals surface area contributed by atoms with Gasteiger partial charge in [0.1, 0.15) is 4.75 Å². The highest BCUT2D eigenvalue weighted by Gasteiger charge is 2.41. The van der Waals surface area contributed by atoms with Crippen LogP contribution in [0.4, 0.5) is 0 Å². The largest absolute Gasteiger partial charge is 0.339 e. The first-order valence-corrected chi connectivity index (χ1v) is 10.3. The molecular weight excluding hydrogens is 420 g/mol. The molecule has 0 saturated carbocycles. The second-order valence-electron chi connectivity index (χ2n) is 6.51. The monoisotopic (exact) mass is 438 g/mol. The Kier molecular flexibility index (Phi) is 5.03. The smallest absolute Gasteiger partial charge is 0.228 e. The van der Waals surface area contributed by atoms with E-state index in [9.17, 15) is 8.42 Å². The lowest BCUT2D eigenvalue weighted by atomic mass is 10.2. The van der Waals surface area contributed by atoms with E-state index >= 15 is 0 Å². The fraction of sp³-hybridized carbons (Fsp3) is 0.353. The van der Waals surface area contributed by atoms with Crippen LogP contribution in [0.1, 0.15) is 31.1 Å². The van der Waals surface area contributed by atoms with E-state index in [1.54, 1.807) is 49.0 Å². The lowest BCUT2D eigenvalue weighted by Crippen LogP contribution is -2.30. The van der Waals surface area contributed by atoms with Gasteiger partial charge in [0, 0.05) is 23.6 Å². The van der Waals surface area contributed by atoms with Gasteiger partial charge in [-0.1, -0.05) is 21.1 Å². The minimum Gasteiger partial charge on any atom is -0.339 e. The maximum Gasteiger partial charge on any atom is 0.228 e. The summed E-state index contributed by atoms with van der Waals surface area (Å²) in [7, 11) is -3.68. The van der Waals surface area contributed by atoms with Gasteiger partial charge >= 0.3 is 0 Å². The van der Waals surface area contributed by atoms with E-state index in [0.29, 0.717) is 18.9 Å². The van der Waals surface area contributed by atoms with Crippen molar-refractivity contribution in [3.05, 3.63) is 58.4 Å². The second-order valence-corrected chi connectivity index (χ2v) is 9.92. The van der Waals surface area contributed by atoms with E-state index in [1.807, 2.05) is 13.1 Å². The van der Waals surface area contributed by atoms with Crippen molar-refractivity contribution in [3.8, 4) is 0 Å². The Morgan fingerprint density at radius 3 is 2.54 bits per heavy atom. The lowest BCUT2D eigenvalue weighted by Gasteiger charge is -2.21. The summed E-state index contributed by atoms with van der Waals surface area (Å²) in [6.07, 6.45) is 4.16. The zero-order chi connectivity index (χ0) is 18.9. The third-order valence-corrected chi connectivity index (χ3v) is 7.07. The number of hydrogen-bond acceptors (Lipinski definition) is 6. The first kappa shape index (κ1) is 18.8. The summed E-state index contributed by atoms with van der Waals surface area (Å²) in [5, 5.41) is 8.11. The van der Waals surface area contributed by atoms with Crippen LogP contribution >= 0.6 is 15.9 Å². The van der Waals surface area contributed by atoms with Crippen LogP contribution in [0, 0.1) is 6.92 Å². The third kappa shape index (κ3) is 3.59. The number of hydrogen-bond donors (Lipinski definition) is 0. The van der Waals surface area contributed by atoms with E-state index in [2.05, 4.69) is 31.2 Å². The Morgan fingerprint density at radius 2 is 1.92 bits per heavy atom. The summed E-state index contributed by atoms with van der Waals surface area (Å²) >= 11 is 3.31. The van der Waals surface area contributed by atoms with Gasteiger partial charge < -0.3 is 4.52 Å². The number of rotatable bonds is 6. The summed E-state index contributed by atoms with van der Waals surface area (Å²) in [5.41, 5.74) is 1.07. The van der Waals surface area contributed by atoms with Gasteiger partial charge in [0.25, 0.3) is 0 Å². The van der Waals surface area contributed by atoms with Crippen molar-refractivity contribution >= 4 is 25.8 Å². The Hall–Kier alpha value is -2.00. The van der Waals surface area contributed by atoms with Crippen LogP contribution in [0.2, 0.25) is 0 Å². The topological polar surface area (TPSA) is 90.9 Å². The van der Waals surface area contributed by atoms with Crippen LogP contribution in [-0.4, -0.2) is 28.3 Å². The molecule has 0 spiro atoms. The predicted molar refractivity (Wildman–Crippen MR) is 99.3 cm³/mol. The summed E-state index contributed by atoms with van der Waals surface area (Å²) < 4.78 is 32.5. The number of nitrogens with zero attached hydrogens (tertiary/aromatic N) is 4. The first-order chi connectivity index (χ1) is 12.2. The van der Waals surface area contributed by atoms with Gasteiger partial charge in [0.05, 0.1) is 11.1 Å². The van der Waals surface area contributed by atoms with Gasteiger partial charge in [-0.15, -0.1) is 0 Å². The van der Waals surface area contributed by atoms with Gasteiger partial charge in [0.2, 0.25) is 5.89 Å². The van der Waals surface area contributed by atoms with Gasteiger partial charge in [-0.3, -0.25) is 4.68 Å². The molecule has 3 aromatic rings. The summed E-state index contributed by atoms with van der Waals surface area (Å²) in [5.74, 6) is 0.527. The quantitative estimate of drug-likeness (QED) is 0.586. The number of aromatic nitrogens is 4. The minimum atomic E-state index is -3.68. The van der Waals surface area contributed by atoms with Crippen molar-refractivity contribution in [2.24, 2.45) is 0 Å². The molecule has 0 unspecified atom stereocenters. The van der Waals surface area contributed by atoms with Gasteiger partial charge in [-0.05, 0) is 50.6 Å². The van der Waals surface area contributed by atoms with Gasteiger partial charge in [-0.2, -0.15) is 10.1 Å². The number of sulfone groups is 1. The Bertz CT molecular complexity index is 1010. The molecular formula is C17H19BrN4O3S. The Morgan fingerprint density at radius 1 is 1.23 bits per heavy atom. The molecule has 26 heavy (non-hydrogen) atoms. The van der Waals surface area contributed by atoms with Crippen molar-refractivity contribution in [1.29, 1.82) is 0 Å². The molecule has 9 heteroatoms. The lowest BCUT2D eigenvalue weighted by molar-refractivity contribution is 0.360. The van der Waals surface area contributed by atoms with E-state index in [4.69, 9.17) is 4.52 Å². The van der Waals surface area contributed by atoms with Gasteiger partial charge in [0.15, 0.2) is 15.7 Å². The Balaban J connectivity index is 1.81. The number of benzene rings is 1. The molecule has 7 nitrogen and oxygen atoms in total. The van der Waals surface area contributed by atoms with E-state index in [1.165, 1.54) is 0 Å². The Labute approximate surface area is 160 Å². The van der Waals surface area contributed by atoms with E-state index in [-0.39, 0.29) is 10.7 Å². The van der Waals surface area contributed by atoms with Crippen molar-refractivity contribution in [3.63, 3.8) is 0 Å². The normalized spacial score (nSPS) is 12.5.